The number of aryl methyl sites for hydroxylation is 1. The zero-order chi connectivity index (χ0) is 11.0. The number of thioether (sulfide) groups is 1. The third kappa shape index (κ3) is 1.77. The van der Waals surface area contributed by atoms with E-state index in [1.54, 1.807) is 6.92 Å². The van der Waals surface area contributed by atoms with Crippen LogP contribution in [0.25, 0.3) is 0 Å². The molecule has 0 aliphatic carbocycles. The van der Waals surface area contributed by atoms with Crippen LogP contribution in [0.4, 0.5) is 0 Å². The average molecular weight is 226 g/mol. The van der Waals surface area contributed by atoms with Crippen molar-refractivity contribution in [1.82, 2.24) is 9.55 Å². The van der Waals surface area contributed by atoms with E-state index in [1.807, 2.05) is 0 Å². The molecule has 0 spiro atoms. The largest absolute Gasteiger partial charge is 0.481 e. The molecule has 0 fully saturated rings. The molecular formula is C9H10N2O3S. The minimum Gasteiger partial charge on any atom is -0.481 e. The second-order valence-corrected chi connectivity index (χ2v) is 4.45. The Morgan fingerprint density at radius 2 is 2.53 bits per heavy atom. The summed E-state index contributed by atoms with van der Waals surface area (Å²) in [4.78, 5) is 26.5. The minimum absolute atomic E-state index is 0.0228. The third-order valence-electron chi connectivity index (χ3n) is 2.31. The van der Waals surface area contributed by atoms with Crippen molar-refractivity contribution >= 4 is 17.7 Å². The molecule has 6 heteroatoms. The highest BCUT2D eigenvalue weighted by Gasteiger charge is 2.27. The number of hydrogen-bond acceptors (Lipinski definition) is 4. The molecule has 0 amide bonds. The van der Waals surface area contributed by atoms with Gasteiger partial charge < -0.3 is 5.11 Å². The van der Waals surface area contributed by atoms with E-state index < -0.39 is 5.97 Å². The maximum Gasteiger partial charge on any atom is 0.305 e. The van der Waals surface area contributed by atoms with E-state index in [2.05, 4.69) is 4.98 Å². The zero-order valence-corrected chi connectivity index (χ0v) is 8.95. The van der Waals surface area contributed by atoms with Crippen molar-refractivity contribution in [2.75, 3.05) is 5.75 Å². The molecule has 1 N–H and O–H groups in total. The van der Waals surface area contributed by atoms with Crippen molar-refractivity contribution in [3.63, 3.8) is 0 Å². The molecule has 1 atom stereocenters. The molecule has 0 saturated carbocycles. The van der Waals surface area contributed by atoms with Crippen molar-refractivity contribution in [1.29, 1.82) is 0 Å². The van der Waals surface area contributed by atoms with Crippen LogP contribution in [0.3, 0.4) is 0 Å². The first-order valence-electron chi connectivity index (χ1n) is 4.52. The fourth-order valence-electron chi connectivity index (χ4n) is 1.57. The van der Waals surface area contributed by atoms with Gasteiger partial charge in [0.15, 0.2) is 5.16 Å². The van der Waals surface area contributed by atoms with Gasteiger partial charge in [-0.2, -0.15) is 0 Å². The first kappa shape index (κ1) is 10.2. The van der Waals surface area contributed by atoms with Gasteiger partial charge in [-0.05, 0) is 6.92 Å². The van der Waals surface area contributed by atoms with Crippen molar-refractivity contribution in [3.8, 4) is 0 Å². The average Bonchev–Trinajstić information content (AvgIpc) is 2.55. The highest BCUT2D eigenvalue weighted by molar-refractivity contribution is 7.99. The number of aliphatic carboxylic acids is 1. The highest BCUT2D eigenvalue weighted by atomic mass is 32.2. The molecule has 15 heavy (non-hydrogen) atoms. The SMILES string of the molecule is Cc1cnc2n(c1=O)C(CC(=O)O)CS2. The standard InChI is InChI=1S/C9H10N2O3S/c1-5-3-10-9-11(8(5)14)6(4-15-9)2-7(12)13/h3,6H,2,4H2,1H3,(H,12,13). The number of rotatable bonds is 2. The molecule has 2 rings (SSSR count). The van der Waals surface area contributed by atoms with Gasteiger partial charge in [0, 0.05) is 17.5 Å². The fourth-order valence-corrected chi connectivity index (χ4v) is 2.68. The quantitative estimate of drug-likeness (QED) is 0.750. The molecule has 0 saturated heterocycles. The van der Waals surface area contributed by atoms with Gasteiger partial charge in [-0.3, -0.25) is 14.2 Å². The topological polar surface area (TPSA) is 72.2 Å². The van der Waals surface area contributed by atoms with E-state index in [9.17, 15) is 9.59 Å². The van der Waals surface area contributed by atoms with Crippen LogP contribution in [0.5, 0.6) is 0 Å². The summed E-state index contributed by atoms with van der Waals surface area (Å²) in [5.74, 6) is -0.278. The second-order valence-electron chi connectivity index (χ2n) is 3.46. The van der Waals surface area contributed by atoms with Crippen molar-refractivity contribution in [2.24, 2.45) is 0 Å². The van der Waals surface area contributed by atoms with Gasteiger partial charge in [-0.15, -0.1) is 0 Å². The van der Waals surface area contributed by atoms with Gasteiger partial charge in [0.25, 0.3) is 5.56 Å². The summed E-state index contributed by atoms with van der Waals surface area (Å²) in [6, 6.07) is -0.262. The first-order chi connectivity index (χ1) is 7.09. The van der Waals surface area contributed by atoms with Crippen molar-refractivity contribution < 1.29 is 9.90 Å². The third-order valence-corrected chi connectivity index (χ3v) is 3.42. The molecule has 0 aromatic carbocycles. The normalized spacial score (nSPS) is 18.9. The maximum atomic E-state index is 11.8. The molecule has 80 valence electrons. The predicted octanol–water partition coefficient (Wildman–Crippen LogP) is 0.673. The Morgan fingerprint density at radius 3 is 3.20 bits per heavy atom. The van der Waals surface area contributed by atoms with Gasteiger partial charge in [-0.25, -0.2) is 4.98 Å². The van der Waals surface area contributed by atoms with Gasteiger partial charge in [-0.1, -0.05) is 11.8 Å². The number of carboxylic acid groups (broad SMARTS) is 1. The summed E-state index contributed by atoms with van der Waals surface area (Å²) in [5, 5.41) is 9.34. The van der Waals surface area contributed by atoms with E-state index in [0.717, 1.165) is 0 Å². The second kappa shape index (κ2) is 3.69. The number of hydrogen-bond donors (Lipinski definition) is 1. The number of fused-ring (bicyclic) bond motifs is 1. The Kier molecular flexibility index (Phi) is 2.52. The summed E-state index contributed by atoms with van der Waals surface area (Å²) >= 11 is 1.43. The van der Waals surface area contributed by atoms with Gasteiger partial charge in [0.05, 0.1) is 12.5 Å². The minimum atomic E-state index is -0.887. The van der Waals surface area contributed by atoms with Crippen molar-refractivity contribution in [3.05, 3.63) is 22.1 Å². The molecule has 1 aliphatic rings. The lowest BCUT2D eigenvalue weighted by Crippen LogP contribution is -2.27. The van der Waals surface area contributed by atoms with E-state index in [-0.39, 0.29) is 18.0 Å². The highest BCUT2D eigenvalue weighted by Crippen LogP contribution is 2.31. The van der Waals surface area contributed by atoms with E-state index in [1.165, 1.54) is 22.5 Å². The predicted molar refractivity (Wildman–Crippen MR) is 55.2 cm³/mol. The Balaban J connectivity index is 2.45. The van der Waals surface area contributed by atoms with Crippen LogP contribution in [-0.4, -0.2) is 26.4 Å². The summed E-state index contributed by atoms with van der Waals surface area (Å²) in [6.45, 7) is 1.68. The van der Waals surface area contributed by atoms with Gasteiger partial charge >= 0.3 is 5.97 Å². The molecule has 1 aromatic rings. The van der Waals surface area contributed by atoms with E-state index in [0.29, 0.717) is 16.5 Å². The Hall–Kier alpha value is -1.30. The van der Waals surface area contributed by atoms with Crippen LogP contribution < -0.4 is 5.56 Å². The number of carbonyl (C=O) groups is 1. The zero-order valence-electron chi connectivity index (χ0n) is 8.14. The summed E-state index contributed by atoms with van der Waals surface area (Å²) in [6.07, 6.45) is 1.51. The molecule has 1 unspecified atom stereocenters. The van der Waals surface area contributed by atoms with E-state index >= 15 is 0 Å². The van der Waals surface area contributed by atoms with Crippen molar-refractivity contribution in [2.45, 2.75) is 24.5 Å². The molecule has 1 aliphatic heterocycles. The number of carboxylic acids is 1. The first-order valence-corrected chi connectivity index (χ1v) is 5.51. The number of aromatic nitrogens is 2. The molecule has 2 heterocycles. The Labute approximate surface area is 90.1 Å². The molecule has 0 bridgehead atoms. The summed E-state index contributed by atoms with van der Waals surface area (Å²) in [7, 11) is 0. The summed E-state index contributed by atoms with van der Waals surface area (Å²) < 4.78 is 1.49. The van der Waals surface area contributed by atoms with Crippen LogP contribution in [-0.2, 0) is 4.79 Å². The lowest BCUT2D eigenvalue weighted by molar-refractivity contribution is -0.137. The van der Waals surface area contributed by atoms with E-state index in [4.69, 9.17) is 5.11 Å². The lowest BCUT2D eigenvalue weighted by Gasteiger charge is -2.10. The molecule has 1 aromatic heterocycles. The summed E-state index contributed by atoms with van der Waals surface area (Å²) in [5.41, 5.74) is 0.424. The molecular weight excluding hydrogens is 216 g/mol. The molecule has 0 radical (unpaired) electrons. The van der Waals surface area contributed by atoms with Crippen LogP contribution in [0, 0.1) is 6.92 Å². The maximum absolute atomic E-state index is 11.8. The van der Waals surface area contributed by atoms with Crippen LogP contribution in [0.1, 0.15) is 18.0 Å². The lowest BCUT2D eigenvalue weighted by atomic mass is 10.2. The van der Waals surface area contributed by atoms with Gasteiger partial charge in [0.2, 0.25) is 0 Å². The Bertz CT molecular complexity index is 469. The smallest absolute Gasteiger partial charge is 0.305 e. The number of nitrogens with zero attached hydrogens (tertiary/aromatic N) is 2. The van der Waals surface area contributed by atoms with Gasteiger partial charge in [0.1, 0.15) is 0 Å². The van der Waals surface area contributed by atoms with Crippen LogP contribution in [0.2, 0.25) is 0 Å². The fraction of sp³-hybridized carbons (Fsp3) is 0.444. The molecule has 5 nitrogen and oxygen atoms in total. The monoisotopic (exact) mass is 226 g/mol. The van der Waals surface area contributed by atoms with Crippen LogP contribution in [0.15, 0.2) is 16.1 Å². The Morgan fingerprint density at radius 1 is 1.80 bits per heavy atom. The van der Waals surface area contributed by atoms with Crippen LogP contribution >= 0.6 is 11.8 Å².